The Bertz CT molecular complexity index is 1020. The summed E-state index contributed by atoms with van der Waals surface area (Å²) in [5, 5.41) is 12.2. The molecule has 1 N–H and O–H groups in total. The Kier molecular flexibility index (Phi) is 8.50. The number of ether oxygens (including phenoxy) is 1. The molecule has 0 bridgehead atoms. The number of hydrogen-bond acceptors (Lipinski definition) is 5. The van der Waals surface area contributed by atoms with E-state index in [1.54, 1.807) is 6.08 Å². The van der Waals surface area contributed by atoms with Crippen molar-refractivity contribution in [1.82, 2.24) is 20.1 Å². The zero-order valence-electron chi connectivity index (χ0n) is 18.8. The van der Waals surface area contributed by atoms with Gasteiger partial charge in [0.2, 0.25) is 5.91 Å². The lowest BCUT2D eigenvalue weighted by Gasteiger charge is -2.14. The molecule has 1 heterocycles. The average molecular weight is 451 g/mol. The van der Waals surface area contributed by atoms with Crippen molar-refractivity contribution in [3.05, 3.63) is 84.2 Å². The number of carbonyl (C=O) groups is 1. The van der Waals surface area contributed by atoms with Gasteiger partial charge in [0.25, 0.3) is 0 Å². The molecule has 3 rings (SSSR count). The van der Waals surface area contributed by atoms with E-state index >= 15 is 0 Å². The maximum absolute atomic E-state index is 12.4. The summed E-state index contributed by atoms with van der Waals surface area (Å²) in [6, 6.07) is 17.9. The molecule has 0 saturated carbocycles. The summed E-state index contributed by atoms with van der Waals surface area (Å²) >= 11 is 1.35. The fourth-order valence-electron chi connectivity index (χ4n) is 3.18. The molecule has 0 aliphatic carbocycles. The lowest BCUT2D eigenvalue weighted by atomic mass is 10.0. The summed E-state index contributed by atoms with van der Waals surface area (Å²) in [5.41, 5.74) is 2.34. The van der Waals surface area contributed by atoms with Crippen molar-refractivity contribution >= 4 is 17.7 Å². The van der Waals surface area contributed by atoms with Crippen molar-refractivity contribution < 1.29 is 9.53 Å². The first-order chi connectivity index (χ1) is 15.5. The quantitative estimate of drug-likeness (QED) is 0.324. The fourth-order valence-corrected chi connectivity index (χ4v) is 3.96. The van der Waals surface area contributed by atoms with Crippen LogP contribution in [0.2, 0.25) is 0 Å². The fraction of sp³-hybridized carbons (Fsp3) is 0.320. The number of thioether (sulfide) groups is 1. The van der Waals surface area contributed by atoms with Crippen LogP contribution in [0.3, 0.4) is 0 Å². The molecule has 0 aliphatic rings. The van der Waals surface area contributed by atoms with Crippen LogP contribution in [0, 0.1) is 0 Å². The van der Waals surface area contributed by atoms with E-state index in [0.717, 1.165) is 11.3 Å². The highest BCUT2D eigenvalue weighted by atomic mass is 32.2. The molecule has 0 aliphatic heterocycles. The number of nitrogens with one attached hydrogen (secondary N) is 1. The van der Waals surface area contributed by atoms with E-state index in [0.29, 0.717) is 30.1 Å². The summed E-state index contributed by atoms with van der Waals surface area (Å²) < 4.78 is 7.83. The van der Waals surface area contributed by atoms with Gasteiger partial charge in [-0.15, -0.1) is 16.8 Å². The van der Waals surface area contributed by atoms with Gasteiger partial charge in [0, 0.05) is 6.54 Å². The van der Waals surface area contributed by atoms with Crippen molar-refractivity contribution in [3.8, 4) is 5.75 Å². The second-order valence-electron chi connectivity index (χ2n) is 7.80. The Labute approximate surface area is 194 Å². The van der Waals surface area contributed by atoms with E-state index in [4.69, 9.17) is 4.74 Å². The lowest BCUT2D eigenvalue weighted by Crippen LogP contribution is -2.28. The lowest BCUT2D eigenvalue weighted by molar-refractivity contribution is -0.119. The maximum atomic E-state index is 12.4. The van der Waals surface area contributed by atoms with Crippen LogP contribution in [0.15, 0.2) is 72.4 Å². The molecular weight excluding hydrogens is 420 g/mol. The minimum absolute atomic E-state index is 0.0532. The summed E-state index contributed by atoms with van der Waals surface area (Å²) in [5.74, 6) is 2.16. The zero-order valence-corrected chi connectivity index (χ0v) is 19.6. The van der Waals surface area contributed by atoms with Gasteiger partial charge in [-0.3, -0.25) is 9.36 Å². The molecule has 7 heteroatoms. The van der Waals surface area contributed by atoms with Crippen LogP contribution >= 0.6 is 11.8 Å². The predicted molar refractivity (Wildman–Crippen MR) is 129 cm³/mol. The number of allylic oxidation sites excluding steroid dienone is 1. The molecule has 0 radical (unpaired) electrons. The van der Waals surface area contributed by atoms with Crippen LogP contribution in [-0.4, -0.2) is 26.4 Å². The van der Waals surface area contributed by atoms with Crippen LogP contribution in [0.1, 0.15) is 49.7 Å². The van der Waals surface area contributed by atoms with E-state index in [1.165, 1.54) is 17.3 Å². The second kappa shape index (κ2) is 11.5. The number of aromatic nitrogens is 3. The molecule has 0 spiro atoms. The van der Waals surface area contributed by atoms with E-state index in [2.05, 4.69) is 48.1 Å². The largest absolute Gasteiger partial charge is 0.486 e. The standard InChI is InChI=1S/C25H30N4O2S/c1-5-15-29-23(16-31-22-13-11-20(12-14-22)18(2)3)27-28-25(29)32-17-24(30)26-19(4)21-9-7-6-8-10-21/h5-14,18-19H,1,15-17H2,2-4H3,(H,26,30). The molecule has 0 fully saturated rings. The summed E-state index contributed by atoms with van der Waals surface area (Å²) in [6.45, 7) is 11.0. The number of carbonyl (C=O) groups excluding carboxylic acids is 1. The number of hydrogen-bond donors (Lipinski definition) is 1. The molecule has 6 nitrogen and oxygen atoms in total. The third-order valence-corrected chi connectivity index (χ3v) is 6.00. The van der Waals surface area contributed by atoms with Gasteiger partial charge in [0.05, 0.1) is 11.8 Å². The zero-order chi connectivity index (χ0) is 22.9. The average Bonchev–Trinajstić information content (AvgIpc) is 3.19. The van der Waals surface area contributed by atoms with Gasteiger partial charge in [-0.05, 0) is 36.1 Å². The highest BCUT2D eigenvalue weighted by Gasteiger charge is 2.15. The highest BCUT2D eigenvalue weighted by Crippen LogP contribution is 2.21. The third-order valence-electron chi connectivity index (χ3n) is 5.03. The second-order valence-corrected chi connectivity index (χ2v) is 8.74. The van der Waals surface area contributed by atoms with Gasteiger partial charge in [0.15, 0.2) is 11.0 Å². The predicted octanol–water partition coefficient (Wildman–Crippen LogP) is 5.14. The first-order valence-electron chi connectivity index (χ1n) is 10.7. The summed E-state index contributed by atoms with van der Waals surface area (Å²) in [4.78, 5) is 12.4. The topological polar surface area (TPSA) is 69.0 Å². The number of nitrogens with zero attached hydrogens (tertiary/aromatic N) is 3. The number of rotatable bonds is 11. The van der Waals surface area contributed by atoms with Gasteiger partial charge >= 0.3 is 0 Å². The molecule has 32 heavy (non-hydrogen) atoms. The molecular formula is C25H30N4O2S. The Morgan fingerprint density at radius 1 is 1.09 bits per heavy atom. The minimum atomic E-state index is -0.0543. The van der Waals surface area contributed by atoms with Gasteiger partial charge in [-0.1, -0.05) is 74.1 Å². The van der Waals surface area contributed by atoms with E-state index in [-0.39, 0.29) is 17.7 Å². The molecule has 1 atom stereocenters. The van der Waals surface area contributed by atoms with Gasteiger partial charge in [-0.2, -0.15) is 0 Å². The van der Waals surface area contributed by atoms with Crippen molar-refractivity contribution in [2.45, 2.75) is 51.0 Å². The van der Waals surface area contributed by atoms with Crippen LogP contribution in [0.5, 0.6) is 5.75 Å². The van der Waals surface area contributed by atoms with E-state index in [1.807, 2.05) is 54.0 Å². The van der Waals surface area contributed by atoms with Crippen molar-refractivity contribution in [2.75, 3.05) is 5.75 Å². The minimum Gasteiger partial charge on any atom is -0.486 e. The smallest absolute Gasteiger partial charge is 0.230 e. The highest BCUT2D eigenvalue weighted by molar-refractivity contribution is 7.99. The molecule has 2 aromatic carbocycles. The Morgan fingerprint density at radius 2 is 1.81 bits per heavy atom. The van der Waals surface area contributed by atoms with Gasteiger partial charge in [0.1, 0.15) is 12.4 Å². The van der Waals surface area contributed by atoms with E-state index < -0.39 is 0 Å². The first kappa shape index (κ1) is 23.6. The number of benzene rings is 2. The van der Waals surface area contributed by atoms with Gasteiger partial charge in [-0.25, -0.2) is 0 Å². The van der Waals surface area contributed by atoms with E-state index in [9.17, 15) is 4.79 Å². The first-order valence-corrected chi connectivity index (χ1v) is 11.7. The molecule has 1 amide bonds. The normalized spacial score (nSPS) is 11.9. The Morgan fingerprint density at radius 3 is 2.47 bits per heavy atom. The van der Waals surface area contributed by atoms with Crippen molar-refractivity contribution in [2.24, 2.45) is 0 Å². The van der Waals surface area contributed by atoms with Crippen LogP contribution < -0.4 is 10.1 Å². The molecule has 0 saturated heterocycles. The molecule has 1 unspecified atom stereocenters. The summed E-state index contributed by atoms with van der Waals surface area (Å²) in [7, 11) is 0. The van der Waals surface area contributed by atoms with Crippen molar-refractivity contribution in [1.29, 1.82) is 0 Å². The molecule has 1 aromatic heterocycles. The molecule has 168 valence electrons. The third kappa shape index (κ3) is 6.47. The molecule has 3 aromatic rings. The van der Waals surface area contributed by atoms with Crippen LogP contribution in [-0.2, 0) is 17.9 Å². The maximum Gasteiger partial charge on any atom is 0.230 e. The Hall–Kier alpha value is -3.06. The van der Waals surface area contributed by atoms with Gasteiger partial charge < -0.3 is 10.1 Å². The number of amides is 1. The van der Waals surface area contributed by atoms with Crippen molar-refractivity contribution in [3.63, 3.8) is 0 Å². The van der Waals surface area contributed by atoms with Crippen LogP contribution in [0.25, 0.3) is 0 Å². The summed E-state index contributed by atoms with van der Waals surface area (Å²) in [6.07, 6.45) is 1.78. The SMILES string of the molecule is C=CCn1c(COc2ccc(C(C)C)cc2)nnc1SCC(=O)NC(C)c1ccccc1. The Balaban J connectivity index is 1.57. The monoisotopic (exact) mass is 450 g/mol. The van der Waals surface area contributed by atoms with Crippen LogP contribution in [0.4, 0.5) is 0 Å².